The molecule has 4 aromatic rings. The highest BCUT2D eigenvalue weighted by Crippen LogP contribution is 2.26. The summed E-state index contributed by atoms with van der Waals surface area (Å²) < 4.78 is 0.820. The third kappa shape index (κ3) is 2.36. The van der Waals surface area contributed by atoms with E-state index in [1.165, 1.54) is 11.3 Å². The predicted molar refractivity (Wildman–Crippen MR) is 91.5 cm³/mol. The van der Waals surface area contributed by atoms with Gasteiger partial charge >= 0.3 is 0 Å². The van der Waals surface area contributed by atoms with Crippen LogP contribution in [0.5, 0.6) is 0 Å². The van der Waals surface area contributed by atoms with Crippen LogP contribution in [0.2, 0.25) is 0 Å². The zero-order valence-corrected chi connectivity index (χ0v) is 12.7. The van der Waals surface area contributed by atoms with E-state index in [-0.39, 0.29) is 11.9 Å². The van der Waals surface area contributed by atoms with Crippen molar-refractivity contribution in [3.8, 4) is 0 Å². The summed E-state index contributed by atoms with van der Waals surface area (Å²) in [6, 6.07) is 9.47. The van der Waals surface area contributed by atoms with Crippen molar-refractivity contribution >= 4 is 50.0 Å². The maximum atomic E-state index is 12.6. The van der Waals surface area contributed by atoms with Crippen LogP contribution >= 0.6 is 11.3 Å². The molecule has 3 aromatic heterocycles. The molecule has 0 unspecified atom stereocenters. The number of para-hydroxylation sites is 1. The van der Waals surface area contributed by atoms with Crippen molar-refractivity contribution < 1.29 is 4.79 Å². The van der Waals surface area contributed by atoms with E-state index in [2.05, 4.69) is 20.3 Å². The predicted octanol–water partition coefficient (Wildman–Crippen LogP) is 3.07. The van der Waals surface area contributed by atoms with Crippen molar-refractivity contribution in [2.45, 2.75) is 0 Å². The van der Waals surface area contributed by atoms with Crippen LogP contribution in [0.4, 0.5) is 11.6 Å². The van der Waals surface area contributed by atoms with Crippen LogP contribution in [-0.4, -0.2) is 20.9 Å². The number of nitrogens with one attached hydrogen (secondary N) is 1. The highest BCUT2D eigenvalue weighted by Gasteiger charge is 2.15. The molecule has 0 aliphatic rings. The number of nitrogens with two attached hydrogens (primary N) is 1. The molecule has 4 rings (SSSR count). The number of thiophene rings is 1. The largest absolute Gasteiger partial charge is 0.368 e. The molecule has 0 aliphatic heterocycles. The Kier molecular flexibility index (Phi) is 3.13. The normalized spacial score (nSPS) is 11.0. The van der Waals surface area contributed by atoms with Crippen LogP contribution in [0.3, 0.4) is 0 Å². The van der Waals surface area contributed by atoms with Crippen molar-refractivity contribution in [2.24, 2.45) is 0 Å². The Balaban J connectivity index is 1.75. The molecule has 0 spiro atoms. The second-order valence-electron chi connectivity index (χ2n) is 4.93. The van der Waals surface area contributed by atoms with E-state index in [0.29, 0.717) is 16.8 Å². The van der Waals surface area contributed by atoms with Gasteiger partial charge in [0.1, 0.15) is 0 Å². The van der Waals surface area contributed by atoms with Crippen LogP contribution in [0.25, 0.3) is 21.1 Å². The van der Waals surface area contributed by atoms with Crippen molar-refractivity contribution in [1.82, 2.24) is 15.0 Å². The molecule has 1 amide bonds. The summed E-state index contributed by atoms with van der Waals surface area (Å²) in [5.41, 5.74) is 8.07. The van der Waals surface area contributed by atoms with Crippen molar-refractivity contribution in [2.75, 3.05) is 11.1 Å². The number of nitrogen functional groups attached to an aromatic ring is 1. The van der Waals surface area contributed by atoms with E-state index < -0.39 is 0 Å². The van der Waals surface area contributed by atoms with Gasteiger partial charge in [0, 0.05) is 17.0 Å². The summed E-state index contributed by atoms with van der Waals surface area (Å²) in [7, 11) is 0. The molecule has 0 saturated heterocycles. The lowest BCUT2D eigenvalue weighted by atomic mass is 10.2. The third-order valence-corrected chi connectivity index (χ3v) is 4.36. The number of fused-ring (bicyclic) bond motifs is 2. The Morgan fingerprint density at radius 3 is 2.91 bits per heavy atom. The molecule has 0 fully saturated rings. The van der Waals surface area contributed by atoms with Crippen molar-refractivity contribution in [1.29, 1.82) is 0 Å². The summed E-state index contributed by atoms with van der Waals surface area (Å²) in [5, 5.41) is 5.62. The molecule has 112 valence electrons. The van der Waals surface area contributed by atoms with Crippen LogP contribution in [0.15, 0.2) is 48.1 Å². The Labute approximate surface area is 135 Å². The Hall–Kier alpha value is -3.06. The summed E-state index contributed by atoms with van der Waals surface area (Å²) in [6.07, 6.45) is 3.32. The maximum absolute atomic E-state index is 12.6. The Morgan fingerprint density at radius 1 is 1.13 bits per heavy atom. The molecular formula is C16H11N5OS. The molecule has 0 atom stereocenters. The van der Waals surface area contributed by atoms with Gasteiger partial charge in [0.2, 0.25) is 5.95 Å². The summed E-state index contributed by atoms with van der Waals surface area (Å²) in [5.74, 6) is -0.0933. The minimum absolute atomic E-state index is 0.150. The lowest BCUT2D eigenvalue weighted by Crippen LogP contribution is -2.12. The number of hydrogen-bond acceptors (Lipinski definition) is 6. The molecule has 0 radical (unpaired) electrons. The summed E-state index contributed by atoms with van der Waals surface area (Å²) >= 11 is 1.41. The van der Waals surface area contributed by atoms with Gasteiger partial charge in [-0.25, -0.2) is 9.97 Å². The average molecular weight is 321 g/mol. The van der Waals surface area contributed by atoms with Gasteiger partial charge in [0.25, 0.3) is 5.91 Å². The first kappa shape index (κ1) is 13.6. The number of benzene rings is 1. The summed E-state index contributed by atoms with van der Waals surface area (Å²) in [4.78, 5) is 25.0. The average Bonchev–Trinajstić information content (AvgIpc) is 2.98. The molecule has 7 heteroatoms. The first-order chi connectivity index (χ1) is 11.2. The van der Waals surface area contributed by atoms with Crippen molar-refractivity contribution in [3.63, 3.8) is 0 Å². The van der Waals surface area contributed by atoms with Gasteiger partial charge in [-0.3, -0.25) is 9.78 Å². The number of carbonyl (C=O) groups is 1. The second-order valence-corrected chi connectivity index (χ2v) is 5.84. The van der Waals surface area contributed by atoms with Gasteiger partial charge in [-0.15, -0.1) is 11.3 Å². The molecular weight excluding hydrogens is 310 g/mol. The van der Waals surface area contributed by atoms with Crippen molar-refractivity contribution in [3.05, 3.63) is 53.7 Å². The smallest absolute Gasteiger partial charge is 0.258 e. The van der Waals surface area contributed by atoms with Gasteiger partial charge in [-0.2, -0.15) is 0 Å². The topological polar surface area (TPSA) is 93.8 Å². The molecule has 0 bridgehead atoms. The number of amides is 1. The highest BCUT2D eigenvalue weighted by atomic mass is 32.1. The van der Waals surface area contributed by atoms with E-state index in [1.807, 2.05) is 30.3 Å². The Bertz CT molecular complexity index is 1040. The van der Waals surface area contributed by atoms with Gasteiger partial charge in [0.15, 0.2) is 0 Å². The molecule has 23 heavy (non-hydrogen) atoms. The SMILES string of the molecule is Nc1ncc2scc(C(=O)Nc3cccc4cccnc34)c2n1. The number of nitrogens with zero attached hydrogens (tertiary/aromatic N) is 3. The van der Waals surface area contributed by atoms with E-state index >= 15 is 0 Å². The number of anilines is 2. The van der Waals surface area contributed by atoms with Gasteiger partial charge < -0.3 is 11.1 Å². The first-order valence-corrected chi connectivity index (χ1v) is 7.75. The zero-order chi connectivity index (χ0) is 15.8. The molecule has 6 nitrogen and oxygen atoms in total. The van der Waals surface area contributed by atoms with Gasteiger partial charge in [-0.1, -0.05) is 18.2 Å². The maximum Gasteiger partial charge on any atom is 0.258 e. The summed E-state index contributed by atoms with van der Waals surface area (Å²) in [6.45, 7) is 0. The minimum atomic E-state index is -0.243. The third-order valence-electron chi connectivity index (χ3n) is 3.46. The van der Waals surface area contributed by atoms with Gasteiger partial charge in [0.05, 0.1) is 33.2 Å². The zero-order valence-electron chi connectivity index (χ0n) is 11.9. The number of rotatable bonds is 2. The van der Waals surface area contributed by atoms with Crippen LogP contribution in [0, 0.1) is 0 Å². The fourth-order valence-corrected chi connectivity index (χ4v) is 3.24. The van der Waals surface area contributed by atoms with Crippen LogP contribution in [0.1, 0.15) is 10.4 Å². The second kappa shape index (κ2) is 5.29. The Morgan fingerprint density at radius 2 is 2.00 bits per heavy atom. The number of hydrogen-bond donors (Lipinski definition) is 2. The van der Waals surface area contributed by atoms with Crippen LogP contribution < -0.4 is 11.1 Å². The van der Waals surface area contributed by atoms with E-state index in [9.17, 15) is 4.79 Å². The molecule has 3 N–H and O–H groups in total. The monoisotopic (exact) mass is 321 g/mol. The van der Waals surface area contributed by atoms with E-state index in [4.69, 9.17) is 5.73 Å². The minimum Gasteiger partial charge on any atom is -0.368 e. The fourth-order valence-electron chi connectivity index (χ4n) is 2.40. The van der Waals surface area contributed by atoms with E-state index in [0.717, 1.165) is 15.6 Å². The lowest BCUT2D eigenvalue weighted by Gasteiger charge is -2.07. The molecule has 0 saturated carbocycles. The molecule has 0 aliphatic carbocycles. The lowest BCUT2D eigenvalue weighted by molar-refractivity contribution is 0.102. The highest BCUT2D eigenvalue weighted by molar-refractivity contribution is 7.17. The van der Waals surface area contributed by atoms with E-state index in [1.54, 1.807) is 17.8 Å². The van der Waals surface area contributed by atoms with Gasteiger partial charge in [-0.05, 0) is 12.1 Å². The standard InChI is InChI=1S/C16H11N5OS/c17-16-19-7-12-14(21-16)10(8-23-12)15(22)20-11-5-1-3-9-4-2-6-18-13(9)11/h1-8H,(H,20,22)(H2,17,19,21). The first-order valence-electron chi connectivity index (χ1n) is 6.87. The number of carbonyl (C=O) groups excluding carboxylic acids is 1. The molecule has 1 aromatic carbocycles. The quantitative estimate of drug-likeness (QED) is 0.592. The fraction of sp³-hybridized carbons (Fsp3) is 0. The number of pyridine rings is 1. The molecule has 3 heterocycles. The van der Waals surface area contributed by atoms with Crippen LogP contribution in [-0.2, 0) is 0 Å². The number of aromatic nitrogens is 3.